The minimum absolute atomic E-state index is 0.107. The van der Waals surface area contributed by atoms with E-state index >= 15 is 0 Å². The number of nitrogens with two attached hydrogens (primary N) is 1. The second-order valence-electron chi connectivity index (χ2n) is 4.73. The fraction of sp³-hybridized carbons (Fsp3) is 0.0625. The van der Waals surface area contributed by atoms with Crippen LogP contribution < -0.4 is 5.73 Å². The molecule has 0 aliphatic carbocycles. The molecule has 0 aliphatic rings. The van der Waals surface area contributed by atoms with Crippen molar-refractivity contribution in [1.29, 1.82) is 0 Å². The molecule has 2 N–H and O–H groups in total. The fourth-order valence-corrected chi connectivity index (χ4v) is 1.91. The highest BCUT2D eigenvalue weighted by atomic mass is 19.1. The van der Waals surface area contributed by atoms with Gasteiger partial charge in [0, 0.05) is 30.2 Å². The number of allylic oxidation sites excluding steroid dienone is 1. The molecule has 0 unspecified atom stereocenters. The second kappa shape index (κ2) is 7.23. The number of hydrogen-bond donors (Lipinski definition) is 1. The predicted molar refractivity (Wildman–Crippen MR) is 85.1 cm³/mol. The molecular weight excluding hydrogens is 311 g/mol. The highest BCUT2D eigenvalue weighted by Gasteiger charge is 2.09. The maximum Gasteiger partial charge on any atom is 0.175 e. The van der Waals surface area contributed by atoms with Crippen LogP contribution in [0, 0.1) is 5.82 Å². The van der Waals surface area contributed by atoms with Crippen molar-refractivity contribution in [2.75, 3.05) is 0 Å². The molecule has 0 atom stereocenters. The molecule has 3 aromatic heterocycles. The summed E-state index contributed by atoms with van der Waals surface area (Å²) in [6.07, 6.45) is 8.81. The Balaban J connectivity index is 1.93. The molecule has 0 radical (unpaired) electrons. The lowest BCUT2D eigenvalue weighted by atomic mass is 10.2. The zero-order chi connectivity index (χ0) is 16.8. The van der Waals surface area contributed by atoms with Gasteiger partial charge in [0.15, 0.2) is 5.82 Å². The number of aromatic nitrogens is 4. The number of halogens is 1. The molecule has 0 saturated heterocycles. The van der Waals surface area contributed by atoms with Gasteiger partial charge in [0.05, 0.1) is 24.2 Å². The van der Waals surface area contributed by atoms with Gasteiger partial charge in [0.25, 0.3) is 0 Å². The molecule has 0 amide bonds. The molecule has 0 saturated carbocycles. The smallest absolute Gasteiger partial charge is 0.175 e. The molecule has 120 valence electrons. The van der Waals surface area contributed by atoms with Gasteiger partial charge in [0.2, 0.25) is 0 Å². The van der Waals surface area contributed by atoms with E-state index in [1.165, 1.54) is 12.5 Å². The molecule has 3 heterocycles. The molecule has 0 fully saturated rings. The first-order valence-electron chi connectivity index (χ1n) is 7.02. The van der Waals surface area contributed by atoms with Crippen LogP contribution in [0.2, 0.25) is 0 Å². The van der Waals surface area contributed by atoms with Crippen LogP contribution in [-0.2, 0) is 6.54 Å². The van der Waals surface area contributed by atoms with Gasteiger partial charge in [-0.3, -0.25) is 9.98 Å². The van der Waals surface area contributed by atoms with E-state index in [-0.39, 0.29) is 6.54 Å². The summed E-state index contributed by atoms with van der Waals surface area (Å²) < 4.78 is 18.5. The molecular formula is C16H13FN6O. The van der Waals surface area contributed by atoms with Crippen LogP contribution in [0.3, 0.4) is 0 Å². The Morgan fingerprint density at radius 1 is 1.25 bits per heavy atom. The molecule has 3 rings (SSSR count). The normalized spacial score (nSPS) is 12.4. The Kier molecular flexibility index (Phi) is 4.66. The molecule has 8 heteroatoms. The van der Waals surface area contributed by atoms with Crippen molar-refractivity contribution in [2.45, 2.75) is 6.54 Å². The SMILES string of the molecule is N/C(=C\C(=NCc1ccncc1F)c1ccon1)c1ncccn1. The van der Waals surface area contributed by atoms with E-state index in [0.717, 1.165) is 6.20 Å². The first-order chi connectivity index (χ1) is 11.7. The summed E-state index contributed by atoms with van der Waals surface area (Å²) >= 11 is 0. The van der Waals surface area contributed by atoms with Gasteiger partial charge in [-0.25, -0.2) is 14.4 Å². The quantitative estimate of drug-likeness (QED) is 0.720. The van der Waals surface area contributed by atoms with Crippen LogP contribution in [0.25, 0.3) is 5.70 Å². The number of pyridine rings is 1. The first kappa shape index (κ1) is 15.5. The van der Waals surface area contributed by atoms with Crippen LogP contribution in [0.15, 0.2) is 64.8 Å². The minimum atomic E-state index is -0.427. The highest BCUT2D eigenvalue weighted by Crippen LogP contribution is 2.10. The number of nitrogens with zero attached hydrogens (tertiary/aromatic N) is 5. The fourth-order valence-electron chi connectivity index (χ4n) is 1.91. The predicted octanol–water partition coefficient (Wildman–Crippen LogP) is 1.99. The standard InChI is InChI=1S/C16H13FN6O/c17-12-10-19-6-2-11(12)9-22-15(14-3-7-24-23-14)8-13(18)16-20-4-1-5-21-16/h1-8,10H,9,18H2/b13-8-,22-15?. The number of hydrogen-bond acceptors (Lipinski definition) is 7. The summed E-state index contributed by atoms with van der Waals surface area (Å²) in [6, 6.07) is 4.89. The van der Waals surface area contributed by atoms with Crippen LogP contribution in [0.5, 0.6) is 0 Å². The van der Waals surface area contributed by atoms with Crippen molar-refractivity contribution in [2.24, 2.45) is 10.7 Å². The van der Waals surface area contributed by atoms with Crippen LogP contribution >= 0.6 is 0 Å². The summed E-state index contributed by atoms with van der Waals surface area (Å²) in [6.45, 7) is 0.107. The van der Waals surface area contributed by atoms with Crippen LogP contribution in [-0.4, -0.2) is 25.8 Å². The number of rotatable bonds is 5. The third-order valence-corrected chi connectivity index (χ3v) is 3.09. The Morgan fingerprint density at radius 2 is 2.08 bits per heavy atom. The second-order valence-corrected chi connectivity index (χ2v) is 4.73. The molecule has 24 heavy (non-hydrogen) atoms. The van der Waals surface area contributed by atoms with Crippen molar-refractivity contribution in [3.63, 3.8) is 0 Å². The lowest BCUT2D eigenvalue weighted by Gasteiger charge is -2.03. The van der Waals surface area contributed by atoms with Crippen LogP contribution in [0.4, 0.5) is 4.39 Å². The van der Waals surface area contributed by atoms with Gasteiger partial charge in [0.1, 0.15) is 17.8 Å². The highest BCUT2D eigenvalue weighted by molar-refractivity contribution is 6.10. The summed E-state index contributed by atoms with van der Waals surface area (Å²) in [5.41, 5.74) is 7.65. The van der Waals surface area contributed by atoms with E-state index in [1.807, 2.05) is 0 Å². The summed E-state index contributed by atoms with van der Waals surface area (Å²) in [5.74, 6) is -0.0621. The summed E-state index contributed by atoms with van der Waals surface area (Å²) in [4.78, 5) is 16.2. The van der Waals surface area contributed by atoms with E-state index in [9.17, 15) is 4.39 Å². The third kappa shape index (κ3) is 3.67. The van der Waals surface area contributed by atoms with E-state index < -0.39 is 5.82 Å². The third-order valence-electron chi connectivity index (χ3n) is 3.09. The van der Waals surface area contributed by atoms with Crippen molar-refractivity contribution >= 4 is 11.4 Å². The average molecular weight is 324 g/mol. The molecule has 7 nitrogen and oxygen atoms in total. The monoisotopic (exact) mass is 324 g/mol. The molecule has 3 aromatic rings. The summed E-state index contributed by atoms with van der Waals surface area (Å²) in [5, 5.41) is 3.85. The van der Waals surface area contributed by atoms with Crippen LogP contribution in [0.1, 0.15) is 17.1 Å². The van der Waals surface area contributed by atoms with E-state index in [2.05, 4.69) is 25.1 Å². The van der Waals surface area contributed by atoms with Crippen molar-refractivity contribution in [1.82, 2.24) is 20.1 Å². The topological polar surface area (TPSA) is 103 Å². The Morgan fingerprint density at radius 3 is 2.79 bits per heavy atom. The van der Waals surface area contributed by atoms with E-state index in [4.69, 9.17) is 10.3 Å². The Hall–Kier alpha value is -3.42. The van der Waals surface area contributed by atoms with Gasteiger partial charge in [-0.2, -0.15) is 0 Å². The molecule has 0 bridgehead atoms. The molecule has 0 aromatic carbocycles. The number of aliphatic imine (C=N–C) groups is 1. The van der Waals surface area contributed by atoms with Gasteiger partial charge in [-0.1, -0.05) is 5.16 Å². The van der Waals surface area contributed by atoms with Crippen molar-refractivity contribution in [3.8, 4) is 0 Å². The average Bonchev–Trinajstić information content (AvgIpc) is 3.15. The van der Waals surface area contributed by atoms with Crippen molar-refractivity contribution in [3.05, 3.63) is 78.2 Å². The molecule has 0 spiro atoms. The van der Waals surface area contributed by atoms with Gasteiger partial charge in [-0.15, -0.1) is 0 Å². The lowest BCUT2D eigenvalue weighted by molar-refractivity contribution is 0.418. The summed E-state index contributed by atoms with van der Waals surface area (Å²) in [7, 11) is 0. The van der Waals surface area contributed by atoms with Gasteiger partial charge < -0.3 is 10.3 Å². The van der Waals surface area contributed by atoms with Gasteiger partial charge >= 0.3 is 0 Å². The van der Waals surface area contributed by atoms with Gasteiger partial charge in [-0.05, 0) is 18.2 Å². The largest absolute Gasteiger partial charge is 0.396 e. The maximum absolute atomic E-state index is 13.7. The minimum Gasteiger partial charge on any atom is -0.396 e. The maximum atomic E-state index is 13.7. The van der Waals surface area contributed by atoms with E-state index in [0.29, 0.717) is 28.5 Å². The van der Waals surface area contributed by atoms with E-state index in [1.54, 1.807) is 36.7 Å². The Bertz CT molecular complexity index is 861. The zero-order valence-corrected chi connectivity index (χ0v) is 12.5. The lowest BCUT2D eigenvalue weighted by Crippen LogP contribution is -2.07. The molecule has 0 aliphatic heterocycles. The first-order valence-corrected chi connectivity index (χ1v) is 7.02. The van der Waals surface area contributed by atoms with Crippen molar-refractivity contribution < 1.29 is 8.91 Å². The zero-order valence-electron chi connectivity index (χ0n) is 12.5. The Labute approximate surface area is 136 Å².